The average molecular weight is 360 g/mol. The first-order valence-corrected chi connectivity index (χ1v) is 8.47. The monoisotopic (exact) mass is 360 g/mol. The number of aliphatic imine (C=N–C) groups is 1. The molecular formula is C17H24N6O3. The highest BCUT2D eigenvalue weighted by Crippen LogP contribution is 2.38. The molecule has 0 unspecified atom stereocenters. The lowest BCUT2D eigenvalue weighted by Gasteiger charge is -2.18. The molecule has 9 nitrogen and oxygen atoms in total. The number of carbonyl (C=O) groups is 1. The topological polar surface area (TPSA) is 119 Å². The first-order chi connectivity index (χ1) is 12.3. The summed E-state index contributed by atoms with van der Waals surface area (Å²) < 4.78 is 7.75. The van der Waals surface area contributed by atoms with Crippen LogP contribution in [0.15, 0.2) is 11.2 Å². The molecule has 1 aliphatic heterocycles. The molecule has 0 bridgehead atoms. The lowest BCUT2D eigenvalue weighted by molar-refractivity contribution is -0.0292. The second-order valence-corrected chi connectivity index (χ2v) is 6.86. The fourth-order valence-corrected chi connectivity index (χ4v) is 3.26. The van der Waals surface area contributed by atoms with E-state index in [1.165, 1.54) is 0 Å². The van der Waals surface area contributed by atoms with Crippen LogP contribution in [0.25, 0.3) is 11.0 Å². The lowest BCUT2D eigenvalue weighted by atomic mass is 10.1. The van der Waals surface area contributed by atoms with Gasteiger partial charge in [-0.05, 0) is 13.3 Å². The van der Waals surface area contributed by atoms with Crippen LogP contribution < -0.4 is 5.73 Å². The molecule has 2 aromatic heterocycles. The van der Waals surface area contributed by atoms with Crippen molar-refractivity contribution in [2.45, 2.75) is 32.6 Å². The maximum absolute atomic E-state index is 12.0. The van der Waals surface area contributed by atoms with Crippen molar-refractivity contribution in [3.63, 3.8) is 0 Å². The van der Waals surface area contributed by atoms with Crippen molar-refractivity contribution in [1.29, 1.82) is 0 Å². The van der Waals surface area contributed by atoms with Gasteiger partial charge < -0.3 is 25.0 Å². The molecule has 1 saturated heterocycles. The van der Waals surface area contributed by atoms with Crippen molar-refractivity contribution in [3.8, 4) is 0 Å². The molecule has 26 heavy (non-hydrogen) atoms. The highest BCUT2D eigenvalue weighted by Gasteiger charge is 2.35. The summed E-state index contributed by atoms with van der Waals surface area (Å²) in [6.45, 7) is 3.76. The molecule has 1 aliphatic rings. The van der Waals surface area contributed by atoms with Gasteiger partial charge in [-0.3, -0.25) is 4.79 Å². The highest BCUT2D eigenvalue weighted by molar-refractivity contribution is 6.09. The van der Waals surface area contributed by atoms with Crippen LogP contribution >= 0.6 is 0 Å². The lowest BCUT2D eigenvalue weighted by Crippen LogP contribution is -2.16. The number of nitrogens with zero attached hydrogens (tertiary/aromatic N) is 5. The summed E-state index contributed by atoms with van der Waals surface area (Å²) >= 11 is 0. The van der Waals surface area contributed by atoms with E-state index >= 15 is 0 Å². The summed E-state index contributed by atoms with van der Waals surface area (Å²) in [5, 5.41) is 9.91. The second kappa shape index (κ2) is 7.00. The minimum atomic E-state index is -0.577. The predicted octanol–water partition coefficient (Wildman–Crippen LogP) is 0.976. The van der Waals surface area contributed by atoms with Crippen LogP contribution in [-0.4, -0.2) is 63.6 Å². The Morgan fingerprint density at radius 3 is 2.85 bits per heavy atom. The summed E-state index contributed by atoms with van der Waals surface area (Å²) in [5.74, 6) is 0.487. The third kappa shape index (κ3) is 3.27. The summed E-state index contributed by atoms with van der Waals surface area (Å²) in [4.78, 5) is 27.1. The Morgan fingerprint density at radius 2 is 2.27 bits per heavy atom. The van der Waals surface area contributed by atoms with Crippen LogP contribution in [0.4, 0.5) is 5.82 Å². The second-order valence-electron chi connectivity index (χ2n) is 6.86. The standard InChI is InChI=1S/C17H24N6O3/c1-9-5-11(7-24)26-17(9)23-6-12(14(18)25)13-15(19-8-22(3)4)20-10(2)21-16(13)23/h6,8-9,11,17,24H,5,7H2,1-4H3,(H2,18,25)/t9-,11+,17-/m1/s1. The van der Waals surface area contributed by atoms with E-state index in [-0.39, 0.29) is 24.9 Å². The first-order valence-electron chi connectivity index (χ1n) is 8.47. The number of aryl methyl sites for hydroxylation is 1. The van der Waals surface area contributed by atoms with Crippen molar-refractivity contribution in [3.05, 3.63) is 17.6 Å². The molecule has 140 valence electrons. The summed E-state index contributed by atoms with van der Waals surface area (Å²) in [6, 6.07) is 0. The molecule has 0 spiro atoms. The fraction of sp³-hybridized carbons (Fsp3) is 0.529. The molecular weight excluding hydrogens is 336 g/mol. The van der Waals surface area contributed by atoms with E-state index in [1.54, 1.807) is 28.9 Å². The van der Waals surface area contributed by atoms with E-state index in [9.17, 15) is 9.90 Å². The van der Waals surface area contributed by atoms with E-state index in [0.717, 1.165) is 6.42 Å². The van der Waals surface area contributed by atoms with Gasteiger partial charge in [-0.25, -0.2) is 15.0 Å². The number of nitrogens with two attached hydrogens (primary N) is 1. The third-order valence-electron chi connectivity index (χ3n) is 4.37. The van der Waals surface area contributed by atoms with Gasteiger partial charge in [0, 0.05) is 26.2 Å². The number of aromatic nitrogens is 3. The van der Waals surface area contributed by atoms with Gasteiger partial charge in [-0.15, -0.1) is 0 Å². The predicted molar refractivity (Wildman–Crippen MR) is 97.4 cm³/mol. The molecule has 2 aromatic rings. The molecule has 0 radical (unpaired) electrons. The number of primary amides is 1. The number of hydrogen-bond acceptors (Lipinski definition) is 6. The van der Waals surface area contributed by atoms with E-state index in [0.29, 0.717) is 28.2 Å². The smallest absolute Gasteiger partial charge is 0.251 e. The molecule has 3 heterocycles. The van der Waals surface area contributed by atoms with E-state index in [4.69, 9.17) is 10.5 Å². The molecule has 0 aromatic carbocycles. The number of aliphatic hydroxyl groups excluding tert-OH is 1. The first kappa shape index (κ1) is 18.3. The van der Waals surface area contributed by atoms with Gasteiger partial charge in [0.15, 0.2) is 5.82 Å². The number of rotatable bonds is 5. The quantitative estimate of drug-likeness (QED) is 0.606. The van der Waals surface area contributed by atoms with Gasteiger partial charge in [0.1, 0.15) is 17.7 Å². The Hall–Kier alpha value is -2.52. The zero-order valence-corrected chi connectivity index (χ0v) is 15.4. The minimum Gasteiger partial charge on any atom is -0.394 e. The SMILES string of the molecule is Cc1nc(N=CN(C)C)c2c(C(N)=O)cn([C@@H]3O[C@H](CO)C[C@H]3C)c2n1. The third-order valence-corrected chi connectivity index (χ3v) is 4.37. The van der Waals surface area contributed by atoms with Gasteiger partial charge in [0.25, 0.3) is 5.91 Å². The van der Waals surface area contributed by atoms with E-state index in [1.807, 2.05) is 21.0 Å². The van der Waals surface area contributed by atoms with Crippen LogP contribution in [0.3, 0.4) is 0 Å². The van der Waals surface area contributed by atoms with Gasteiger partial charge in [-0.2, -0.15) is 0 Å². The van der Waals surface area contributed by atoms with Crippen molar-refractivity contribution >= 4 is 29.1 Å². The molecule has 3 atom stereocenters. The largest absolute Gasteiger partial charge is 0.394 e. The Morgan fingerprint density at radius 1 is 1.54 bits per heavy atom. The Bertz CT molecular complexity index is 860. The van der Waals surface area contributed by atoms with Crippen LogP contribution in [-0.2, 0) is 4.74 Å². The number of amides is 1. The number of carbonyl (C=O) groups excluding carboxylic acids is 1. The number of aliphatic hydroxyl groups is 1. The molecule has 1 amide bonds. The molecule has 9 heteroatoms. The van der Waals surface area contributed by atoms with Gasteiger partial charge in [0.2, 0.25) is 0 Å². The Labute approximate surface area is 151 Å². The number of ether oxygens (including phenoxy) is 1. The summed E-state index contributed by atoms with van der Waals surface area (Å²) in [7, 11) is 3.69. The molecule has 0 saturated carbocycles. The Kier molecular flexibility index (Phi) is 4.92. The van der Waals surface area contributed by atoms with E-state index < -0.39 is 5.91 Å². The molecule has 3 rings (SSSR count). The van der Waals surface area contributed by atoms with Crippen molar-refractivity contribution in [2.24, 2.45) is 16.6 Å². The van der Waals surface area contributed by atoms with E-state index in [2.05, 4.69) is 15.0 Å². The summed E-state index contributed by atoms with van der Waals surface area (Å²) in [6.07, 6.45) is 3.40. The molecule has 1 fully saturated rings. The van der Waals surface area contributed by atoms with Crippen LogP contribution in [0, 0.1) is 12.8 Å². The highest BCUT2D eigenvalue weighted by atomic mass is 16.5. The maximum Gasteiger partial charge on any atom is 0.251 e. The maximum atomic E-state index is 12.0. The van der Waals surface area contributed by atoms with Crippen molar-refractivity contribution in [2.75, 3.05) is 20.7 Å². The zero-order chi connectivity index (χ0) is 19.0. The summed E-state index contributed by atoms with van der Waals surface area (Å²) in [5.41, 5.74) is 6.44. The fourth-order valence-electron chi connectivity index (χ4n) is 3.26. The number of hydrogen-bond donors (Lipinski definition) is 2. The number of fused-ring (bicyclic) bond motifs is 1. The van der Waals surface area contributed by atoms with Crippen LogP contribution in [0.5, 0.6) is 0 Å². The van der Waals surface area contributed by atoms with Gasteiger partial charge in [-0.1, -0.05) is 6.92 Å². The normalized spacial score (nSPS) is 23.2. The van der Waals surface area contributed by atoms with Gasteiger partial charge >= 0.3 is 0 Å². The van der Waals surface area contributed by atoms with Crippen molar-refractivity contribution in [1.82, 2.24) is 19.4 Å². The Balaban J connectivity index is 2.21. The van der Waals surface area contributed by atoms with Crippen molar-refractivity contribution < 1.29 is 14.6 Å². The zero-order valence-electron chi connectivity index (χ0n) is 15.4. The minimum absolute atomic E-state index is 0.0465. The van der Waals surface area contributed by atoms with Gasteiger partial charge in [0.05, 0.1) is 30.0 Å². The molecule has 0 aliphatic carbocycles. The molecule has 3 N–H and O–H groups in total. The van der Waals surface area contributed by atoms with Crippen LogP contribution in [0.1, 0.15) is 35.8 Å². The van der Waals surface area contributed by atoms with Crippen LogP contribution in [0.2, 0.25) is 0 Å². The average Bonchev–Trinajstić information content (AvgIpc) is 3.12.